The van der Waals surface area contributed by atoms with Crippen LogP contribution in [0.4, 0.5) is 10.5 Å². The van der Waals surface area contributed by atoms with E-state index in [-0.39, 0.29) is 11.5 Å². The van der Waals surface area contributed by atoms with Gasteiger partial charge in [-0.15, -0.1) is 0 Å². The molecule has 28 heavy (non-hydrogen) atoms. The molecule has 0 aliphatic carbocycles. The molecule has 0 saturated carbocycles. The Hall–Kier alpha value is -2.53. The standard InChI is InChI=1S/C23H29N3O2/c1-5-19(16-9-7-6-8-10-16)24-22(27)28-17-11-12-20-18(15-17)23(2)13-14-25(3)21(23)26(20)4/h6-12,15,19,21H,5,13-14H2,1-4H3,(H,24,27)/t19-,21+,23-/m0/s1. The first-order valence-electron chi connectivity index (χ1n) is 10.0. The third-order valence-electron chi connectivity index (χ3n) is 6.41. The zero-order valence-corrected chi connectivity index (χ0v) is 17.1. The predicted octanol–water partition coefficient (Wildman–Crippen LogP) is 4.30. The second-order valence-electron chi connectivity index (χ2n) is 8.22. The minimum atomic E-state index is -0.410. The van der Waals surface area contributed by atoms with Crippen molar-refractivity contribution in [2.75, 3.05) is 25.5 Å². The molecule has 0 bridgehead atoms. The molecule has 5 nitrogen and oxygen atoms in total. The first kappa shape index (κ1) is 18.8. The largest absolute Gasteiger partial charge is 0.413 e. The highest BCUT2D eigenvalue weighted by Crippen LogP contribution is 2.51. The summed E-state index contributed by atoms with van der Waals surface area (Å²) in [7, 11) is 4.33. The quantitative estimate of drug-likeness (QED) is 0.860. The highest BCUT2D eigenvalue weighted by atomic mass is 16.6. The van der Waals surface area contributed by atoms with Crippen molar-refractivity contribution in [3.8, 4) is 5.75 Å². The maximum atomic E-state index is 12.5. The lowest BCUT2D eigenvalue weighted by atomic mass is 9.81. The molecular weight excluding hydrogens is 350 g/mol. The van der Waals surface area contributed by atoms with Gasteiger partial charge in [0, 0.05) is 24.7 Å². The molecule has 148 valence electrons. The summed E-state index contributed by atoms with van der Waals surface area (Å²) in [6, 6.07) is 16.0. The summed E-state index contributed by atoms with van der Waals surface area (Å²) < 4.78 is 5.67. The van der Waals surface area contributed by atoms with Crippen molar-refractivity contribution in [3.05, 3.63) is 59.7 Å². The Morgan fingerprint density at radius 3 is 2.71 bits per heavy atom. The van der Waals surface area contributed by atoms with E-state index in [1.54, 1.807) is 0 Å². The summed E-state index contributed by atoms with van der Waals surface area (Å²) in [6.07, 6.45) is 1.86. The van der Waals surface area contributed by atoms with E-state index in [4.69, 9.17) is 4.74 Å². The van der Waals surface area contributed by atoms with Crippen LogP contribution in [0, 0.1) is 0 Å². The summed E-state index contributed by atoms with van der Waals surface area (Å²) in [5.41, 5.74) is 3.64. The van der Waals surface area contributed by atoms with Crippen LogP contribution in [0.15, 0.2) is 48.5 Å². The normalized spacial score (nSPS) is 24.6. The van der Waals surface area contributed by atoms with Gasteiger partial charge in [0.05, 0.1) is 12.2 Å². The molecule has 2 aromatic rings. The predicted molar refractivity (Wildman–Crippen MR) is 112 cm³/mol. The summed E-state index contributed by atoms with van der Waals surface area (Å²) in [4.78, 5) is 17.3. The van der Waals surface area contributed by atoms with Gasteiger partial charge < -0.3 is 15.0 Å². The number of rotatable bonds is 4. The molecule has 0 radical (unpaired) electrons. The van der Waals surface area contributed by atoms with Gasteiger partial charge >= 0.3 is 6.09 Å². The minimum absolute atomic E-state index is 0.0559. The van der Waals surface area contributed by atoms with Crippen LogP contribution in [0.25, 0.3) is 0 Å². The van der Waals surface area contributed by atoms with Gasteiger partial charge in [0.2, 0.25) is 0 Å². The van der Waals surface area contributed by atoms with Crippen LogP contribution >= 0.6 is 0 Å². The number of fused-ring (bicyclic) bond motifs is 3. The van der Waals surface area contributed by atoms with Crippen LogP contribution in [-0.4, -0.2) is 37.8 Å². The maximum absolute atomic E-state index is 12.5. The van der Waals surface area contributed by atoms with E-state index < -0.39 is 6.09 Å². The number of likely N-dealkylation sites (N-methyl/N-ethyl adjacent to an activating group) is 2. The molecule has 5 heteroatoms. The number of nitrogens with one attached hydrogen (secondary N) is 1. The van der Waals surface area contributed by atoms with Crippen LogP contribution in [-0.2, 0) is 5.41 Å². The summed E-state index contributed by atoms with van der Waals surface area (Å²) in [5, 5.41) is 2.99. The Morgan fingerprint density at radius 1 is 1.25 bits per heavy atom. The topological polar surface area (TPSA) is 44.8 Å². The molecule has 0 spiro atoms. The smallest absolute Gasteiger partial charge is 0.410 e. The average molecular weight is 380 g/mol. The monoisotopic (exact) mass is 379 g/mol. The lowest BCUT2D eigenvalue weighted by molar-refractivity contribution is 0.195. The van der Waals surface area contributed by atoms with Gasteiger partial charge in [0.15, 0.2) is 0 Å². The number of hydrogen-bond acceptors (Lipinski definition) is 4. The van der Waals surface area contributed by atoms with Crippen molar-refractivity contribution >= 4 is 11.8 Å². The number of anilines is 1. The van der Waals surface area contributed by atoms with Crippen molar-refractivity contribution < 1.29 is 9.53 Å². The van der Waals surface area contributed by atoms with Gasteiger partial charge in [-0.2, -0.15) is 0 Å². The first-order chi connectivity index (χ1) is 13.4. The molecule has 1 N–H and O–H groups in total. The molecule has 2 aromatic carbocycles. The Morgan fingerprint density at radius 2 is 2.00 bits per heavy atom. The van der Waals surface area contributed by atoms with Gasteiger partial charge in [-0.3, -0.25) is 4.90 Å². The number of hydrogen-bond donors (Lipinski definition) is 1. The zero-order valence-electron chi connectivity index (χ0n) is 17.1. The van der Waals surface area contributed by atoms with Crippen molar-refractivity contribution in [2.24, 2.45) is 0 Å². The number of benzene rings is 2. The van der Waals surface area contributed by atoms with Gasteiger partial charge in [0.25, 0.3) is 0 Å². The van der Waals surface area contributed by atoms with Gasteiger partial charge in [-0.05, 0) is 49.2 Å². The molecule has 1 fully saturated rings. The lowest BCUT2D eigenvalue weighted by Gasteiger charge is -2.32. The molecular formula is C23H29N3O2. The van der Waals surface area contributed by atoms with E-state index >= 15 is 0 Å². The molecule has 0 aromatic heterocycles. The number of carbonyl (C=O) groups is 1. The van der Waals surface area contributed by atoms with Crippen LogP contribution < -0.4 is 15.0 Å². The molecule has 4 rings (SSSR count). The molecule has 2 aliphatic heterocycles. The number of amides is 1. The Balaban J connectivity index is 1.51. The molecule has 2 heterocycles. The molecule has 1 amide bonds. The van der Waals surface area contributed by atoms with E-state index in [2.05, 4.69) is 49.1 Å². The van der Waals surface area contributed by atoms with Gasteiger partial charge in [-0.1, -0.05) is 44.2 Å². The number of nitrogens with zero attached hydrogens (tertiary/aromatic N) is 2. The first-order valence-corrected chi connectivity index (χ1v) is 10.0. The number of carbonyl (C=O) groups excluding carboxylic acids is 1. The number of likely N-dealkylation sites (tertiary alicyclic amines) is 1. The van der Waals surface area contributed by atoms with E-state index in [0.29, 0.717) is 11.9 Å². The summed E-state index contributed by atoms with van der Waals surface area (Å²) in [6.45, 7) is 5.45. The molecule has 1 saturated heterocycles. The van der Waals surface area contributed by atoms with Crippen molar-refractivity contribution in [2.45, 2.75) is 44.3 Å². The SMILES string of the molecule is CC[C@H](NC(=O)Oc1ccc2c(c1)[C@]1(C)CCN(C)[C@@H]1N2C)c1ccccc1. The van der Waals surface area contributed by atoms with Gasteiger partial charge in [0.1, 0.15) is 5.75 Å². The third-order valence-corrected chi connectivity index (χ3v) is 6.41. The van der Waals surface area contributed by atoms with Gasteiger partial charge in [-0.25, -0.2) is 4.79 Å². The maximum Gasteiger partial charge on any atom is 0.413 e. The van der Waals surface area contributed by atoms with E-state index in [1.807, 2.05) is 42.5 Å². The Kier molecular flexibility index (Phi) is 4.79. The fourth-order valence-electron chi connectivity index (χ4n) is 5.00. The van der Waals surface area contributed by atoms with E-state index in [0.717, 1.165) is 24.9 Å². The molecule has 0 unspecified atom stereocenters. The fraction of sp³-hybridized carbons (Fsp3) is 0.435. The van der Waals surface area contributed by atoms with Crippen LogP contribution in [0.5, 0.6) is 5.75 Å². The van der Waals surface area contributed by atoms with Crippen LogP contribution in [0.2, 0.25) is 0 Å². The Labute approximate surface area is 167 Å². The second kappa shape index (κ2) is 7.13. The highest BCUT2D eigenvalue weighted by molar-refractivity contribution is 5.73. The van der Waals surface area contributed by atoms with Crippen molar-refractivity contribution in [3.63, 3.8) is 0 Å². The van der Waals surface area contributed by atoms with Crippen molar-refractivity contribution in [1.82, 2.24) is 10.2 Å². The Bertz CT molecular complexity index is 869. The second-order valence-corrected chi connectivity index (χ2v) is 8.22. The summed E-state index contributed by atoms with van der Waals surface area (Å²) in [5.74, 6) is 0.601. The highest BCUT2D eigenvalue weighted by Gasteiger charge is 2.52. The van der Waals surface area contributed by atoms with Crippen LogP contribution in [0.3, 0.4) is 0 Å². The van der Waals surface area contributed by atoms with Crippen molar-refractivity contribution in [1.29, 1.82) is 0 Å². The number of ether oxygens (including phenoxy) is 1. The fourth-order valence-corrected chi connectivity index (χ4v) is 5.00. The van der Waals surface area contributed by atoms with E-state index in [9.17, 15) is 4.79 Å². The summed E-state index contributed by atoms with van der Waals surface area (Å²) >= 11 is 0. The zero-order chi connectivity index (χ0) is 19.9. The van der Waals surface area contributed by atoms with E-state index in [1.165, 1.54) is 11.3 Å². The van der Waals surface area contributed by atoms with Crippen LogP contribution in [0.1, 0.15) is 43.9 Å². The minimum Gasteiger partial charge on any atom is -0.410 e. The molecule has 2 aliphatic rings. The molecule has 3 atom stereocenters. The third kappa shape index (κ3) is 3.04. The average Bonchev–Trinajstić information content (AvgIpc) is 3.12. The lowest BCUT2D eigenvalue weighted by Crippen LogP contribution is -2.45.